The fourth-order valence-electron chi connectivity index (χ4n) is 1.44. The molecule has 2 nitrogen and oxygen atoms in total. The molecule has 0 saturated carbocycles. The average Bonchev–Trinajstić information content (AvgIpc) is 2.46. The summed E-state index contributed by atoms with van der Waals surface area (Å²) in [5.74, 6) is 0. The van der Waals surface area contributed by atoms with Gasteiger partial charge in [0.25, 0.3) is 0 Å². The van der Waals surface area contributed by atoms with Crippen LogP contribution < -0.4 is 5.73 Å². The van der Waals surface area contributed by atoms with Gasteiger partial charge in [0, 0.05) is 18.9 Å². The molecule has 2 N–H and O–H groups in total. The van der Waals surface area contributed by atoms with Crippen molar-refractivity contribution < 1.29 is 0 Å². The molecule has 0 amide bonds. The number of unbranched alkanes of at least 4 members (excludes halogenated alkanes) is 3. The number of nitrogens with two attached hydrogens (primary N) is 1. The van der Waals surface area contributed by atoms with E-state index >= 15 is 0 Å². The zero-order chi connectivity index (χ0) is 10.1. The molecule has 0 atom stereocenters. The summed E-state index contributed by atoms with van der Waals surface area (Å²) in [6.45, 7) is 1.94. The minimum absolute atomic E-state index is 0.827. The summed E-state index contributed by atoms with van der Waals surface area (Å²) in [5.41, 5.74) is 5.43. The second kappa shape index (κ2) is 7.39. The number of hydrogen-bond acceptors (Lipinski definition) is 2. The zero-order valence-corrected chi connectivity index (χ0v) is 8.73. The van der Waals surface area contributed by atoms with E-state index in [1.807, 2.05) is 12.2 Å². The third-order valence-electron chi connectivity index (χ3n) is 2.26. The van der Waals surface area contributed by atoms with E-state index in [2.05, 4.69) is 29.5 Å². The first-order valence-corrected chi connectivity index (χ1v) is 5.41. The van der Waals surface area contributed by atoms with E-state index in [4.69, 9.17) is 5.73 Å². The maximum Gasteiger partial charge on any atom is 0.0219 e. The Bertz CT molecular complexity index is 200. The minimum Gasteiger partial charge on any atom is -0.354 e. The molecule has 0 aliphatic carbocycles. The Kier molecular flexibility index (Phi) is 5.84. The number of nitrogens with zero attached hydrogens (tertiary/aromatic N) is 1. The molecule has 1 aliphatic heterocycles. The van der Waals surface area contributed by atoms with Crippen molar-refractivity contribution in [3.8, 4) is 0 Å². The van der Waals surface area contributed by atoms with Crippen LogP contribution in [0.15, 0.2) is 36.7 Å². The van der Waals surface area contributed by atoms with Crippen LogP contribution in [0.5, 0.6) is 0 Å². The van der Waals surface area contributed by atoms with Gasteiger partial charge < -0.3 is 10.6 Å². The Morgan fingerprint density at radius 3 is 2.07 bits per heavy atom. The Labute approximate surface area is 86.8 Å². The highest BCUT2D eigenvalue weighted by molar-refractivity contribution is 5.15. The SMILES string of the molecule is NCCCCCCN1C=CC=CC=C1. The Morgan fingerprint density at radius 1 is 0.786 bits per heavy atom. The minimum atomic E-state index is 0.827. The Balaban J connectivity index is 2.06. The molecule has 0 fully saturated rings. The quantitative estimate of drug-likeness (QED) is 0.655. The molecule has 0 saturated heterocycles. The third kappa shape index (κ3) is 4.87. The van der Waals surface area contributed by atoms with Gasteiger partial charge in [-0.1, -0.05) is 25.0 Å². The summed E-state index contributed by atoms with van der Waals surface area (Å²) < 4.78 is 0. The van der Waals surface area contributed by atoms with E-state index in [9.17, 15) is 0 Å². The van der Waals surface area contributed by atoms with Gasteiger partial charge in [0.15, 0.2) is 0 Å². The Hall–Kier alpha value is -1.02. The first kappa shape index (κ1) is 11.1. The van der Waals surface area contributed by atoms with Crippen molar-refractivity contribution >= 4 is 0 Å². The molecule has 0 bridgehead atoms. The van der Waals surface area contributed by atoms with E-state index in [0.29, 0.717) is 0 Å². The molecule has 0 spiro atoms. The van der Waals surface area contributed by atoms with Gasteiger partial charge in [-0.3, -0.25) is 0 Å². The van der Waals surface area contributed by atoms with Crippen molar-refractivity contribution in [2.75, 3.05) is 13.1 Å². The summed E-state index contributed by atoms with van der Waals surface area (Å²) in [5, 5.41) is 0. The van der Waals surface area contributed by atoms with Crippen molar-refractivity contribution in [3.63, 3.8) is 0 Å². The van der Waals surface area contributed by atoms with Crippen LogP contribution in [0.25, 0.3) is 0 Å². The van der Waals surface area contributed by atoms with Gasteiger partial charge in [-0.2, -0.15) is 0 Å². The van der Waals surface area contributed by atoms with Gasteiger partial charge >= 0.3 is 0 Å². The summed E-state index contributed by atoms with van der Waals surface area (Å²) in [7, 11) is 0. The van der Waals surface area contributed by atoms with Gasteiger partial charge in [0.05, 0.1) is 0 Å². The largest absolute Gasteiger partial charge is 0.354 e. The summed E-state index contributed by atoms with van der Waals surface area (Å²) in [6.07, 6.45) is 17.4. The van der Waals surface area contributed by atoms with Crippen LogP contribution in [0.1, 0.15) is 25.7 Å². The molecule has 2 heteroatoms. The smallest absolute Gasteiger partial charge is 0.0219 e. The van der Waals surface area contributed by atoms with Crippen molar-refractivity contribution in [1.82, 2.24) is 4.90 Å². The van der Waals surface area contributed by atoms with Crippen LogP contribution in [0.3, 0.4) is 0 Å². The van der Waals surface area contributed by atoms with E-state index in [0.717, 1.165) is 19.5 Å². The van der Waals surface area contributed by atoms with Gasteiger partial charge in [-0.25, -0.2) is 0 Å². The first-order valence-electron chi connectivity index (χ1n) is 5.41. The third-order valence-corrected chi connectivity index (χ3v) is 2.26. The highest BCUT2D eigenvalue weighted by atomic mass is 15.1. The molecular weight excluding hydrogens is 172 g/mol. The number of hydrogen-bond donors (Lipinski definition) is 1. The van der Waals surface area contributed by atoms with Crippen LogP contribution >= 0.6 is 0 Å². The van der Waals surface area contributed by atoms with Gasteiger partial charge in [0.1, 0.15) is 0 Å². The lowest BCUT2D eigenvalue weighted by Gasteiger charge is -2.13. The first-order chi connectivity index (χ1) is 6.93. The van der Waals surface area contributed by atoms with E-state index < -0.39 is 0 Å². The molecule has 1 heterocycles. The second-order valence-corrected chi connectivity index (χ2v) is 3.51. The van der Waals surface area contributed by atoms with Crippen LogP contribution in [0, 0.1) is 0 Å². The van der Waals surface area contributed by atoms with Gasteiger partial charge in [-0.05, 0) is 31.5 Å². The van der Waals surface area contributed by atoms with Crippen molar-refractivity contribution in [2.45, 2.75) is 25.7 Å². The van der Waals surface area contributed by atoms with Crippen LogP contribution in [-0.4, -0.2) is 18.0 Å². The second-order valence-electron chi connectivity index (χ2n) is 3.51. The maximum absolute atomic E-state index is 5.43. The summed E-state index contributed by atoms with van der Waals surface area (Å²) >= 11 is 0. The van der Waals surface area contributed by atoms with Crippen LogP contribution in [-0.2, 0) is 0 Å². The molecule has 78 valence electrons. The number of rotatable bonds is 6. The lowest BCUT2D eigenvalue weighted by atomic mass is 10.2. The molecular formula is C12H20N2. The number of allylic oxidation sites excluding steroid dienone is 4. The molecule has 0 aromatic carbocycles. The molecule has 1 aliphatic rings. The topological polar surface area (TPSA) is 29.3 Å². The van der Waals surface area contributed by atoms with Crippen molar-refractivity contribution in [2.24, 2.45) is 5.73 Å². The molecule has 1 rings (SSSR count). The maximum atomic E-state index is 5.43. The van der Waals surface area contributed by atoms with Crippen molar-refractivity contribution in [3.05, 3.63) is 36.7 Å². The normalized spacial score (nSPS) is 14.8. The van der Waals surface area contributed by atoms with E-state index in [1.54, 1.807) is 0 Å². The Morgan fingerprint density at radius 2 is 1.43 bits per heavy atom. The summed E-state index contributed by atoms with van der Waals surface area (Å²) in [6, 6.07) is 0. The molecule has 0 radical (unpaired) electrons. The fourth-order valence-corrected chi connectivity index (χ4v) is 1.44. The predicted octanol–water partition coefficient (Wildman–Crippen LogP) is 2.40. The average molecular weight is 192 g/mol. The van der Waals surface area contributed by atoms with Gasteiger partial charge in [0.2, 0.25) is 0 Å². The van der Waals surface area contributed by atoms with Crippen LogP contribution in [0.2, 0.25) is 0 Å². The highest BCUT2D eigenvalue weighted by Gasteiger charge is 1.95. The molecule has 14 heavy (non-hydrogen) atoms. The van der Waals surface area contributed by atoms with Crippen LogP contribution in [0.4, 0.5) is 0 Å². The fraction of sp³-hybridized carbons (Fsp3) is 0.500. The van der Waals surface area contributed by atoms with Crippen molar-refractivity contribution in [1.29, 1.82) is 0 Å². The summed E-state index contributed by atoms with van der Waals surface area (Å²) in [4.78, 5) is 2.22. The van der Waals surface area contributed by atoms with E-state index in [1.165, 1.54) is 19.3 Å². The molecule has 0 aromatic rings. The molecule has 0 unspecified atom stereocenters. The lowest BCUT2D eigenvalue weighted by Crippen LogP contribution is -2.10. The highest BCUT2D eigenvalue weighted by Crippen LogP contribution is 2.04. The lowest BCUT2D eigenvalue weighted by molar-refractivity contribution is 0.470. The standard InChI is InChI=1S/C12H20N2/c13-9-5-1-2-6-10-14-11-7-3-4-8-12-14/h3-4,7-8,11-12H,1-2,5-6,9-10,13H2. The zero-order valence-electron chi connectivity index (χ0n) is 8.73. The monoisotopic (exact) mass is 192 g/mol. The van der Waals surface area contributed by atoms with Gasteiger partial charge in [-0.15, -0.1) is 0 Å². The van der Waals surface area contributed by atoms with E-state index in [-0.39, 0.29) is 0 Å². The molecule has 0 aromatic heterocycles. The predicted molar refractivity (Wildman–Crippen MR) is 61.6 cm³/mol.